The van der Waals surface area contributed by atoms with Gasteiger partial charge in [-0.1, -0.05) is 6.07 Å². The van der Waals surface area contributed by atoms with Crippen molar-refractivity contribution >= 4 is 35.0 Å². The third-order valence-corrected chi connectivity index (χ3v) is 5.36. The highest BCUT2D eigenvalue weighted by Crippen LogP contribution is 2.35. The quantitative estimate of drug-likeness (QED) is 0.566. The van der Waals surface area contributed by atoms with Crippen molar-refractivity contribution in [1.82, 2.24) is 14.5 Å². The second kappa shape index (κ2) is 8.02. The van der Waals surface area contributed by atoms with Crippen LogP contribution in [0.4, 0.5) is 4.79 Å². The number of nitrogens with zero attached hydrogens (tertiary/aromatic N) is 3. The lowest BCUT2D eigenvalue weighted by molar-refractivity contribution is -0.150. The van der Waals surface area contributed by atoms with Gasteiger partial charge in [-0.15, -0.1) is 0 Å². The second-order valence-electron chi connectivity index (χ2n) is 6.33. The van der Waals surface area contributed by atoms with Gasteiger partial charge in [0, 0.05) is 17.6 Å². The topological polar surface area (TPSA) is 81.5 Å². The van der Waals surface area contributed by atoms with Gasteiger partial charge in [0.2, 0.25) is 0 Å². The lowest BCUT2D eigenvalue weighted by Crippen LogP contribution is -2.42. The molecular formula is C20H21N3O4S. The van der Waals surface area contributed by atoms with E-state index in [4.69, 9.17) is 4.74 Å². The second-order valence-corrected chi connectivity index (χ2v) is 7.32. The highest BCUT2D eigenvalue weighted by molar-refractivity contribution is 8.18. The van der Waals surface area contributed by atoms with Crippen LogP contribution in [0.5, 0.6) is 0 Å². The SMILES string of the molecule is CCOC(=O)[C@H](C)N1C(=O)S/C(=C/c2cc(C)n(-c3ccccn3)c2C)C1=O. The summed E-state index contributed by atoms with van der Waals surface area (Å²) in [6, 6.07) is 6.63. The van der Waals surface area contributed by atoms with Crippen LogP contribution in [-0.2, 0) is 14.3 Å². The first kappa shape index (κ1) is 19.9. The highest BCUT2D eigenvalue weighted by Gasteiger charge is 2.41. The van der Waals surface area contributed by atoms with Crippen LogP contribution in [-0.4, -0.2) is 44.2 Å². The van der Waals surface area contributed by atoms with Crippen molar-refractivity contribution in [3.8, 4) is 5.82 Å². The van der Waals surface area contributed by atoms with E-state index in [9.17, 15) is 14.4 Å². The summed E-state index contributed by atoms with van der Waals surface area (Å²) in [5.74, 6) is -0.307. The molecule has 1 atom stereocenters. The molecule has 1 aliphatic heterocycles. The van der Waals surface area contributed by atoms with Crippen molar-refractivity contribution in [2.45, 2.75) is 33.7 Å². The molecule has 7 nitrogen and oxygen atoms in total. The third-order valence-electron chi connectivity index (χ3n) is 4.47. The summed E-state index contributed by atoms with van der Waals surface area (Å²) in [5, 5.41) is -0.477. The van der Waals surface area contributed by atoms with E-state index in [1.54, 1.807) is 19.2 Å². The number of amides is 2. The summed E-state index contributed by atoms with van der Waals surface area (Å²) >= 11 is 0.826. The van der Waals surface area contributed by atoms with Crippen LogP contribution in [0.25, 0.3) is 11.9 Å². The number of carbonyl (C=O) groups excluding carboxylic acids is 3. The third kappa shape index (κ3) is 3.60. The number of aromatic nitrogens is 2. The Labute approximate surface area is 167 Å². The number of rotatable bonds is 5. The van der Waals surface area contributed by atoms with Crippen molar-refractivity contribution < 1.29 is 19.1 Å². The normalized spacial score (nSPS) is 16.7. The van der Waals surface area contributed by atoms with E-state index >= 15 is 0 Å². The van der Waals surface area contributed by atoms with E-state index in [2.05, 4.69) is 4.98 Å². The van der Waals surface area contributed by atoms with Crippen molar-refractivity contribution in [3.05, 3.63) is 52.3 Å². The van der Waals surface area contributed by atoms with E-state index < -0.39 is 23.2 Å². The first-order chi connectivity index (χ1) is 13.3. The van der Waals surface area contributed by atoms with E-state index in [1.807, 2.05) is 42.7 Å². The van der Waals surface area contributed by atoms with Crippen LogP contribution in [0.15, 0.2) is 35.4 Å². The molecule has 0 radical (unpaired) electrons. The zero-order valence-electron chi connectivity index (χ0n) is 16.1. The molecule has 0 N–H and O–H groups in total. The molecule has 1 saturated heterocycles. The van der Waals surface area contributed by atoms with Gasteiger partial charge < -0.3 is 9.30 Å². The molecule has 2 aromatic rings. The van der Waals surface area contributed by atoms with Crippen LogP contribution in [0.3, 0.4) is 0 Å². The summed E-state index contributed by atoms with van der Waals surface area (Å²) < 4.78 is 6.91. The number of hydrogen-bond acceptors (Lipinski definition) is 6. The van der Waals surface area contributed by atoms with Crippen LogP contribution in [0.1, 0.15) is 30.8 Å². The summed E-state index contributed by atoms with van der Waals surface area (Å²) in [7, 11) is 0. The number of ether oxygens (including phenoxy) is 1. The molecule has 0 bridgehead atoms. The molecule has 0 saturated carbocycles. The van der Waals surface area contributed by atoms with Gasteiger partial charge in [-0.2, -0.15) is 0 Å². The first-order valence-electron chi connectivity index (χ1n) is 8.89. The standard InChI is InChI=1S/C20H21N3O4S/c1-5-27-19(25)14(4)23-18(24)16(28-20(23)26)11-15-10-12(2)22(13(15)3)17-8-6-7-9-21-17/h6-11,14H,5H2,1-4H3/b16-11+/t14-/m0/s1. The van der Waals surface area contributed by atoms with Gasteiger partial charge in [0.1, 0.15) is 11.9 Å². The molecule has 0 aliphatic carbocycles. The summed E-state index contributed by atoms with van der Waals surface area (Å²) in [5.41, 5.74) is 2.68. The number of imide groups is 1. The van der Waals surface area contributed by atoms with Crippen LogP contribution < -0.4 is 0 Å². The monoisotopic (exact) mass is 399 g/mol. The van der Waals surface area contributed by atoms with Gasteiger partial charge in [0.05, 0.1) is 11.5 Å². The van der Waals surface area contributed by atoms with Gasteiger partial charge in [0.25, 0.3) is 11.1 Å². The van der Waals surface area contributed by atoms with Crippen molar-refractivity contribution in [1.29, 1.82) is 0 Å². The Hall–Kier alpha value is -2.87. The molecule has 0 spiro atoms. The van der Waals surface area contributed by atoms with Crippen LogP contribution in [0, 0.1) is 13.8 Å². The van der Waals surface area contributed by atoms with Gasteiger partial charge in [-0.25, -0.2) is 9.78 Å². The summed E-state index contributed by atoms with van der Waals surface area (Å²) in [4.78, 5) is 42.6. The molecule has 1 fully saturated rings. The maximum Gasteiger partial charge on any atom is 0.329 e. The zero-order chi connectivity index (χ0) is 20.4. The zero-order valence-corrected chi connectivity index (χ0v) is 16.9. The Bertz CT molecular complexity index is 965. The first-order valence-corrected chi connectivity index (χ1v) is 9.70. The Kier molecular flexibility index (Phi) is 5.69. The predicted octanol–water partition coefficient (Wildman–Crippen LogP) is 3.48. The lowest BCUT2D eigenvalue weighted by Gasteiger charge is -2.19. The minimum absolute atomic E-state index is 0.189. The Morgan fingerprint density at radius 2 is 2.07 bits per heavy atom. The molecule has 0 aromatic carbocycles. The number of aryl methyl sites for hydroxylation is 1. The predicted molar refractivity (Wildman–Crippen MR) is 107 cm³/mol. The van der Waals surface area contributed by atoms with E-state index in [0.29, 0.717) is 0 Å². The fourth-order valence-corrected chi connectivity index (χ4v) is 3.99. The number of carbonyl (C=O) groups is 3. The smallest absolute Gasteiger partial charge is 0.329 e. The largest absolute Gasteiger partial charge is 0.464 e. The molecular weight excluding hydrogens is 378 g/mol. The van der Waals surface area contributed by atoms with Gasteiger partial charge in [0.15, 0.2) is 0 Å². The van der Waals surface area contributed by atoms with Crippen molar-refractivity contribution in [3.63, 3.8) is 0 Å². The number of pyridine rings is 1. The van der Waals surface area contributed by atoms with Crippen molar-refractivity contribution in [2.75, 3.05) is 6.61 Å². The molecule has 3 rings (SSSR count). The highest BCUT2D eigenvalue weighted by atomic mass is 32.2. The van der Waals surface area contributed by atoms with Crippen LogP contribution in [0.2, 0.25) is 0 Å². The fraction of sp³-hybridized carbons (Fsp3) is 0.300. The minimum atomic E-state index is -0.959. The maximum absolute atomic E-state index is 12.7. The minimum Gasteiger partial charge on any atom is -0.464 e. The average molecular weight is 399 g/mol. The lowest BCUT2D eigenvalue weighted by atomic mass is 10.2. The fourth-order valence-electron chi connectivity index (χ4n) is 3.10. The van der Waals surface area contributed by atoms with Crippen LogP contribution >= 0.6 is 11.8 Å². The Morgan fingerprint density at radius 1 is 1.32 bits per heavy atom. The molecule has 1 aliphatic rings. The summed E-state index contributed by atoms with van der Waals surface area (Å²) in [6.45, 7) is 7.24. The number of thioether (sulfide) groups is 1. The molecule has 0 unspecified atom stereocenters. The summed E-state index contributed by atoms with van der Waals surface area (Å²) in [6.07, 6.45) is 3.40. The Balaban J connectivity index is 1.92. The van der Waals surface area contributed by atoms with E-state index in [1.165, 1.54) is 6.92 Å². The average Bonchev–Trinajstić information content (AvgIpc) is 3.10. The van der Waals surface area contributed by atoms with E-state index in [-0.39, 0.29) is 11.5 Å². The molecule has 3 heterocycles. The maximum atomic E-state index is 12.7. The molecule has 8 heteroatoms. The van der Waals surface area contributed by atoms with Crippen molar-refractivity contribution in [2.24, 2.45) is 0 Å². The number of esters is 1. The molecule has 2 aromatic heterocycles. The molecule has 2 amide bonds. The van der Waals surface area contributed by atoms with Gasteiger partial charge >= 0.3 is 5.97 Å². The molecule has 28 heavy (non-hydrogen) atoms. The Morgan fingerprint density at radius 3 is 2.71 bits per heavy atom. The van der Waals surface area contributed by atoms with Gasteiger partial charge in [-0.3, -0.25) is 14.5 Å². The molecule has 146 valence electrons. The van der Waals surface area contributed by atoms with E-state index in [0.717, 1.165) is 39.4 Å². The van der Waals surface area contributed by atoms with Gasteiger partial charge in [-0.05, 0) is 69.3 Å². The number of hydrogen-bond donors (Lipinski definition) is 0.